The van der Waals surface area contributed by atoms with Crippen LogP contribution in [0.4, 0.5) is 0 Å². The van der Waals surface area contributed by atoms with Crippen LogP contribution in [0, 0.1) is 25.7 Å². The first-order valence-corrected chi connectivity index (χ1v) is 9.07. The molecule has 0 saturated heterocycles. The maximum absolute atomic E-state index is 10.7. The Labute approximate surface area is 238 Å². The SMILES string of the molecule is C.C.CC(=O)c1cccnc1Cl.Cc1[nH]nc2ncccc12.N#Cc1cccnc1Cl.[Br-].[CH3-].[Mg+2]. The Morgan fingerprint density at radius 3 is 1.94 bits per heavy atom. The van der Waals surface area contributed by atoms with E-state index in [0.29, 0.717) is 11.1 Å². The fraction of sp³-hybridized carbons (Fsp3) is 0.174. The smallest absolute Gasteiger partial charge is 1.00 e. The number of pyridine rings is 3. The first-order valence-electron chi connectivity index (χ1n) is 8.31. The number of aryl methyl sites for hydroxylation is 1. The van der Waals surface area contributed by atoms with Crippen molar-refractivity contribution in [2.75, 3.05) is 0 Å². The number of fused-ring (bicyclic) bond motifs is 1. The van der Waals surface area contributed by atoms with Crippen molar-refractivity contribution in [1.29, 1.82) is 5.26 Å². The molecule has 0 aliphatic carbocycles. The van der Waals surface area contributed by atoms with E-state index in [0.717, 1.165) is 16.7 Å². The van der Waals surface area contributed by atoms with E-state index in [4.69, 9.17) is 28.5 Å². The fourth-order valence-corrected chi connectivity index (χ4v) is 2.51. The molecular weight excluding hydrogens is 551 g/mol. The first-order chi connectivity index (χ1) is 13.9. The molecule has 0 spiro atoms. The number of carbonyl (C=O) groups excluding carboxylic acids is 1. The summed E-state index contributed by atoms with van der Waals surface area (Å²) in [6, 6.07) is 12.4. The number of Topliss-reactive ketones (excluding diaryl/α,β-unsaturated/α-hetero) is 1. The zero-order valence-corrected chi connectivity index (χ0v) is 22.2. The largest absolute Gasteiger partial charge is 2.00 e. The number of halogens is 3. The van der Waals surface area contributed by atoms with Crippen molar-refractivity contribution in [3.63, 3.8) is 0 Å². The van der Waals surface area contributed by atoms with Gasteiger partial charge >= 0.3 is 23.1 Å². The van der Waals surface area contributed by atoms with Crippen LogP contribution in [0.25, 0.3) is 11.0 Å². The van der Waals surface area contributed by atoms with E-state index in [1.807, 2.05) is 25.1 Å². The molecule has 0 amide bonds. The number of ketones is 1. The van der Waals surface area contributed by atoms with E-state index >= 15 is 0 Å². The standard InChI is InChI=1S/C7H6ClNO.C7H7N3.C6H3ClN2.2CH4.CH3.BrH.Mg/c1-5(10)6-3-2-4-9-7(6)8;1-5-6-3-2-4-8-7(6)10-9-5;7-6-5(4-8)2-1-3-9-6;;;;;/h2-4H,1H3;2-4H,1H3,(H,8,9,10);1-3H;2*1H4;1H3;1H;/q;;;;;-1;;+2/p-1. The molecule has 0 atom stereocenters. The van der Waals surface area contributed by atoms with Gasteiger partial charge in [0.05, 0.1) is 11.1 Å². The average Bonchev–Trinajstić information content (AvgIpc) is 3.11. The summed E-state index contributed by atoms with van der Waals surface area (Å²) in [5.41, 5.74) is 2.76. The number of carbonyl (C=O) groups is 1. The van der Waals surface area contributed by atoms with Crippen LogP contribution in [-0.4, -0.2) is 54.0 Å². The number of hydrogen-bond donors (Lipinski definition) is 1. The van der Waals surface area contributed by atoms with Gasteiger partial charge in [0.25, 0.3) is 0 Å². The van der Waals surface area contributed by atoms with Crippen molar-refractivity contribution in [3.05, 3.63) is 89.5 Å². The van der Waals surface area contributed by atoms with Gasteiger partial charge in [0.1, 0.15) is 16.4 Å². The minimum Gasteiger partial charge on any atom is -1.00 e. The predicted octanol–water partition coefficient (Wildman–Crippen LogP) is 3.16. The van der Waals surface area contributed by atoms with Gasteiger partial charge in [-0.05, 0) is 50.2 Å². The van der Waals surface area contributed by atoms with E-state index in [2.05, 4.69) is 25.1 Å². The van der Waals surface area contributed by atoms with Gasteiger partial charge in [0, 0.05) is 29.7 Å². The van der Waals surface area contributed by atoms with Gasteiger partial charge in [-0.1, -0.05) is 38.1 Å². The number of nitrogens with one attached hydrogen (secondary N) is 1. The van der Waals surface area contributed by atoms with Crippen LogP contribution >= 0.6 is 23.2 Å². The second-order valence-corrected chi connectivity index (χ2v) is 6.29. The number of aromatic amines is 1. The first kappa shape index (κ1) is 39.1. The molecule has 0 aromatic carbocycles. The number of aromatic nitrogens is 5. The molecule has 0 aliphatic rings. The predicted molar refractivity (Wildman–Crippen MR) is 137 cm³/mol. The zero-order chi connectivity index (χ0) is 21.2. The molecule has 0 unspecified atom stereocenters. The van der Waals surface area contributed by atoms with E-state index < -0.39 is 0 Å². The molecule has 34 heavy (non-hydrogen) atoms. The summed E-state index contributed by atoms with van der Waals surface area (Å²) < 4.78 is 0. The molecular formula is C23H27BrCl2MgN6O. The Bertz CT molecular complexity index is 1170. The van der Waals surface area contributed by atoms with Gasteiger partial charge in [-0.15, -0.1) is 0 Å². The molecule has 4 heterocycles. The fourth-order valence-electron chi connectivity index (χ4n) is 2.09. The summed E-state index contributed by atoms with van der Waals surface area (Å²) >= 11 is 11.1. The molecule has 0 radical (unpaired) electrons. The Balaban J connectivity index is -0.000000185. The third kappa shape index (κ3) is 11.9. The zero-order valence-electron chi connectivity index (χ0n) is 17.7. The molecule has 0 saturated carbocycles. The van der Waals surface area contributed by atoms with Gasteiger partial charge in [-0.3, -0.25) is 9.89 Å². The second-order valence-electron chi connectivity index (χ2n) is 5.57. The summed E-state index contributed by atoms with van der Waals surface area (Å²) in [6.07, 6.45) is 4.83. The average molecular weight is 579 g/mol. The molecule has 4 rings (SSSR count). The van der Waals surface area contributed by atoms with Crippen LogP contribution in [-0.2, 0) is 0 Å². The molecule has 11 heteroatoms. The Morgan fingerprint density at radius 1 is 0.971 bits per heavy atom. The molecule has 1 N–H and O–H groups in total. The van der Waals surface area contributed by atoms with Crippen molar-refractivity contribution < 1.29 is 21.8 Å². The van der Waals surface area contributed by atoms with Crippen molar-refractivity contribution in [2.24, 2.45) is 0 Å². The quantitative estimate of drug-likeness (QED) is 0.161. The maximum Gasteiger partial charge on any atom is 2.00 e. The van der Waals surface area contributed by atoms with Gasteiger partial charge in [0.15, 0.2) is 11.4 Å². The maximum atomic E-state index is 10.7. The van der Waals surface area contributed by atoms with Crippen molar-refractivity contribution in [2.45, 2.75) is 28.7 Å². The minimum absolute atomic E-state index is 0. The molecule has 4 aromatic heterocycles. The molecule has 0 bridgehead atoms. The summed E-state index contributed by atoms with van der Waals surface area (Å²) in [7, 11) is 0. The van der Waals surface area contributed by atoms with Crippen LogP contribution in [0.3, 0.4) is 0 Å². The normalized spacial score (nSPS) is 8.09. The topological polar surface area (TPSA) is 108 Å². The Hall–Kier alpha value is -2.09. The molecule has 178 valence electrons. The van der Waals surface area contributed by atoms with E-state index in [1.54, 1.807) is 42.9 Å². The number of nitrogens with zero attached hydrogens (tertiary/aromatic N) is 5. The van der Waals surface area contributed by atoms with E-state index in [9.17, 15) is 4.79 Å². The minimum atomic E-state index is -0.0573. The molecule has 7 nitrogen and oxygen atoms in total. The Kier molecular flexibility index (Phi) is 23.4. The second kappa shape index (κ2) is 20.3. The number of rotatable bonds is 1. The Morgan fingerprint density at radius 2 is 1.50 bits per heavy atom. The molecule has 4 aromatic rings. The summed E-state index contributed by atoms with van der Waals surface area (Å²) in [4.78, 5) is 22.2. The van der Waals surface area contributed by atoms with Crippen molar-refractivity contribution in [1.82, 2.24) is 25.1 Å². The van der Waals surface area contributed by atoms with Crippen LogP contribution in [0.1, 0.15) is 43.4 Å². The third-order valence-electron chi connectivity index (χ3n) is 3.54. The summed E-state index contributed by atoms with van der Waals surface area (Å²) in [5.74, 6) is -0.0573. The van der Waals surface area contributed by atoms with Crippen LogP contribution in [0.2, 0.25) is 10.3 Å². The van der Waals surface area contributed by atoms with Crippen LogP contribution in [0.15, 0.2) is 55.0 Å². The molecule has 0 aliphatic heterocycles. The van der Waals surface area contributed by atoms with Gasteiger partial charge in [-0.25, -0.2) is 15.0 Å². The third-order valence-corrected chi connectivity index (χ3v) is 4.14. The summed E-state index contributed by atoms with van der Waals surface area (Å²) in [5, 5.41) is 16.8. The van der Waals surface area contributed by atoms with Gasteiger partial charge < -0.3 is 24.4 Å². The van der Waals surface area contributed by atoms with Gasteiger partial charge in [-0.2, -0.15) is 10.4 Å². The van der Waals surface area contributed by atoms with Crippen molar-refractivity contribution in [3.8, 4) is 6.07 Å². The van der Waals surface area contributed by atoms with Crippen molar-refractivity contribution >= 4 is 63.1 Å². The van der Waals surface area contributed by atoms with Gasteiger partial charge in [0.2, 0.25) is 0 Å². The number of hydrogen-bond acceptors (Lipinski definition) is 6. The monoisotopic (exact) mass is 576 g/mol. The van der Waals surface area contributed by atoms with E-state index in [-0.39, 0.29) is 78.4 Å². The van der Waals surface area contributed by atoms with E-state index in [1.165, 1.54) is 6.92 Å². The molecule has 0 fully saturated rings. The van der Waals surface area contributed by atoms with Crippen LogP contribution in [0.5, 0.6) is 0 Å². The number of nitriles is 1. The summed E-state index contributed by atoms with van der Waals surface area (Å²) in [6.45, 7) is 3.44. The number of H-pyrrole nitrogens is 1. The van der Waals surface area contributed by atoms with Crippen LogP contribution < -0.4 is 17.0 Å².